The predicted molar refractivity (Wildman–Crippen MR) is 64.2 cm³/mol. The number of carbonyl (C=O) groups excluding carboxylic acids is 1. The van der Waals surface area contributed by atoms with Crippen molar-refractivity contribution < 1.29 is 19.1 Å². The normalized spacial score (nSPS) is 19.6. The van der Waals surface area contributed by atoms with Crippen molar-refractivity contribution in [3.63, 3.8) is 0 Å². The molecular weight excluding hydrogens is 234 g/mol. The van der Waals surface area contributed by atoms with E-state index in [4.69, 9.17) is 9.52 Å². The fourth-order valence-corrected chi connectivity index (χ4v) is 2.31. The Bertz CT molecular complexity index is 477. The van der Waals surface area contributed by atoms with Crippen LogP contribution in [0.2, 0.25) is 0 Å². The first-order valence-electron chi connectivity index (χ1n) is 6.11. The second-order valence-electron chi connectivity index (χ2n) is 4.78. The van der Waals surface area contributed by atoms with Gasteiger partial charge in [0.05, 0.1) is 6.54 Å². The smallest absolute Gasteiger partial charge is 0.372 e. The molecule has 1 aliphatic heterocycles. The molecule has 2 rings (SSSR count). The molecule has 1 atom stereocenters. The Labute approximate surface area is 105 Å². The van der Waals surface area contributed by atoms with Gasteiger partial charge in [0, 0.05) is 18.5 Å². The molecule has 1 aromatic rings. The number of nitrogens with zero attached hydrogens (tertiary/aromatic N) is 1. The average molecular weight is 251 g/mol. The first-order chi connectivity index (χ1) is 8.51. The Balaban J connectivity index is 2.08. The predicted octanol–water partition coefficient (Wildman–Crippen LogP) is 2.04. The minimum atomic E-state index is -1.07. The number of rotatable bonds is 4. The Morgan fingerprint density at radius 1 is 1.61 bits per heavy atom. The highest BCUT2D eigenvalue weighted by molar-refractivity contribution is 5.86. The zero-order chi connectivity index (χ0) is 13.3. The Morgan fingerprint density at radius 2 is 2.33 bits per heavy atom. The second kappa shape index (κ2) is 4.84. The number of carbonyl (C=O) groups is 2. The van der Waals surface area contributed by atoms with Crippen molar-refractivity contribution in [2.24, 2.45) is 5.92 Å². The van der Waals surface area contributed by atoms with Gasteiger partial charge in [0.1, 0.15) is 5.76 Å². The zero-order valence-electron chi connectivity index (χ0n) is 10.6. The van der Waals surface area contributed by atoms with Crippen LogP contribution in [-0.4, -0.2) is 28.4 Å². The van der Waals surface area contributed by atoms with Gasteiger partial charge in [-0.05, 0) is 18.9 Å². The summed E-state index contributed by atoms with van der Waals surface area (Å²) in [4.78, 5) is 24.3. The van der Waals surface area contributed by atoms with Crippen LogP contribution in [0.15, 0.2) is 10.5 Å². The molecule has 1 fully saturated rings. The van der Waals surface area contributed by atoms with Crippen molar-refractivity contribution in [1.82, 2.24) is 4.90 Å². The molecule has 0 radical (unpaired) electrons. The fraction of sp³-hybridized carbons (Fsp3) is 0.538. The summed E-state index contributed by atoms with van der Waals surface area (Å²) >= 11 is 0. The van der Waals surface area contributed by atoms with E-state index in [0.29, 0.717) is 30.2 Å². The van der Waals surface area contributed by atoms with Gasteiger partial charge in [0.15, 0.2) is 0 Å². The maximum absolute atomic E-state index is 11.7. The molecular formula is C13H17NO4. The van der Waals surface area contributed by atoms with Crippen LogP contribution in [0.1, 0.15) is 41.6 Å². The zero-order valence-corrected chi connectivity index (χ0v) is 10.6. The summed E-state index contributed by atoms with van der Waals surface area (Å²) in [5.41, 5.74) is 0.594. The number of carboxylic acids is 1. The van der Waals surface area contributed by atoms with Gasteiger partial charge in [-0.3, -0.25) is 4.79 Å². The molecule has 1 aliphatic rings. The number of likely N-dealkylation sites (tertiary alicyclic amines) is 1. The third kappa shape index (κ3) is 2.39. The highest BCUT2D eigenvalue weighted by atomic mass is 16.4. The van der Waals surface area contributed by atoms with Crippen molar-refractivity contribution >= 4 is 11.9 Å². The molecule has 0 bridgehead atoms. The quantitative estimate of drug-likeness (QED) is 0.889. The van der Waals surface area contributed by atoms with Crippen LogP contribution in [0.4, 0.5) is 0 Å². The molecule has 0 aromatic carbocycles. The molecule has 98 valence electrons. The number of aromatic carboxylic acids is 1. The van der Waals surface area contributed by atoms with Gasteiger partial charge in [-0.1, -0.05) is 13.3 Å². The van der Waals surface area contributed by atoms with Crippen LogP contribution in [0.5, 0.6) is 0 Å². The van der Waals surface area contributed by atoms with E-state index in [1.807, 2.05) is 0 Å². The molecule has 0 aliphatic carbocycles. The lowest BCUT2D eigenvalue weighted by Gasteiger charge is -2.14. The minimum absolute atomic E-state index is 0.0383. The lowest BCUT2D eigenvalue weighted by molar-refractivity contribution is -0.128. The summed E-state index contributed by atoms with van der Waals surface area (Å²) < 4.78 is 5.26. The molecule has 0 saturated carbocycles. The van der Waals surface area contributed by atoms with Gasteiger partial charge in [-0.25, -0.2) is 4.79 Å². The van der Waals surface area contributed by atoms with Crippen molar-refractivity contribution in [3.8, 4) is 0 Å². The van der Waals surface area contributed by atoms with Gasteiger partial charge in [0.2, 0.25) is 11.7 Å². The van der Waals surface area contributed by atoms with Crippen LogP contribution < -0.4 is 0 Å². The van der Waals surface area contributed by atoms with E-state index in [2.05, 4.69) is 6.92 Å². The number of carboxylic acid groups (broad SMARTS) is 1. The van der Waals surface area contributed by atoms with E-state index in [1.165, 1.54) is 0 Å². The largest absolute Gasteiger partial charge is 0.475 e. The molecule has 1 N–H and O–H groups in total. The summed E-state index contributed by atoms with van der Waals surface area (Å²) in [5.74, 6) is -0.0445. The first kappa shape index (κ1) is 12.7. The summed E-state index contributed by atoms with van der Waals surface area (Å²) in [5, 5.41) is 8.90. The summed E-state index contributed by atoms with van der Waals surface area (Å²) in [6.07, 6.45) is 1.57. The Morgan fingerprint density at radius 3 is 2.83 bits per heavy atom. The third-order valence-corrected chi connectivity index (χ3v) is 3.38. The first-order valence-corrected chi connectivity index (χ1v) is 6.11. The Kier molecular flexibility index (Phi) is 3.41. The standard InChI is InChI=1S/C13H17NO4/c1-3-9-5-11(15)14(6-9)7-10-4-8(2)12(18-10)13(16)17/h4,9H,3,5-7H2,1-2H3,(H,16,17). The minimum Gasteiger partial charge on any atom is -0.475 e. The van der Waals surface area contributed by atoms with E-state index in [9.17, 15) is 9.59 Å². The summed E-state index contributed by atoms with van der Waals surface area (Å²) in [6.45, 7) is 4.86. The van der Waals surface area contributed by atoms with Gasteiger partial charge in [-0.2, -0.15) is 0 Å². The molecule has 5 nitrogen and oxygen atoms in total. The highest BCUT2D eigenvalue weighted by Crippen LogP contribution is 2.24. The van der Waals surface area contributed by atoms with Crippen LogP contribution in [-0.2, 0) is 11.3 Å². The van der Waals surface area contributed by atoms with E-state index in [-0.39, 0.29) is 11.7 Å². The van der Waals surface area contributed by atoms with Crippen LogP contribution in [0, 0.1) is 12.8 Å². The Hall–Kier alpha value is -1.78. The van der Waals surface area contributed by atoms with E-state index in [0.717, 1.165) is 13.0 Å². The highest BCUT2D eigenvalue weighted by Gasteiger charge is 2.29. The van der Waals surface area contributed by atoms with Gasteiger partial charge >= 0.3 is 5.97 Å². The number of hydrogen-bond donors (Lipinski definition) is 1. The van der Waals surface area contributed by atoms with Crippen LogP contribution in [0.3, 0.4) is 0 Å². The van der Waals surface area contributed by atoms with Crippen molar-refractivity contribution in [2.75, 3.05) is 6.54 Å². The van der Waals surface area contributed by atoms with Crippen molar-refractivity contribution in [2.45, 2.75) is 33.2 Å². The summed E-state index contributed by atoms with van der Waals surface area (Å²) in [6, 6.07) is 1.69. The van der Waals surface area contributed by atoms with E-state index in [1.54, 1.807) is 17.9 Å². The van der Waals surface area contributed by atoms with Gasteiger partial charge in [-0.15, -0.1) is 0 Å². The fourth-order valence-electron chi connectivity index (χ4n) is 2.31. The number of hydrogen-bond acceptors (Lipinski definition) is 3. The molecule has 1 amide bonds. The van der Waals surface area contributed by atoms with Crippen LogP contribution in [0.25, 0.3) is 0 Å². The second-order valence-corrected chi connectivity index (χ2v) is 4.78. The third-order valence-electron chi connectivity index (χ3n) is 3.38. The lowest BCUT2D eigenvalue weighted by atomic mass is 10.1. The van der Waals surface area contributed by atoms with Gasteiger partial charge in [0.25, 0.3) is 0 Å². The maximum atomic E-state index is 11.7. The number of aryl methyl sites for hydroxylation is 1. The number of amides is 1. The molecule has 1 aromatic heterocycles. The van der Waals surface area contributed by atoms with E-state index >= 15 is 0 Å². The van der Waals surface area contributed by atoms with E-state index < -0.39 is 5.97 Å². The monoisotopic (exact) mass is 251 g/mol. The SMILES string of the molecule is CCC1CC(=O)N(Cc2cc(C)c(C(=O)O)o2)C1. The molecule has 5 heteroatoms. The molecule has 0 spiro atoms. The molecule has 2 heterocycles. The van der Waals surface area contributed by atoms with Crippen LogP contribution >= 0.6 is 0 Å². The van der Waals surface area contributed by atoms with Gasteiger partial charge < -0.3 is 14.4 Å². The molecule has 18 heavy (non-hydrogen) atoms. The topological polar surface area (TPSA) is 70.8 Å². The van der Waals surface area contributed by atoms with Crippen molar-refractivity contribution in [3.05, 3.63) is 23.2 Å². The number of furan rings is 1. The lowest BCUT2D eigenvalue weighted by Crippen LogP contribution is -2.24. The molecule has 1 saturated heterocycles. The summed E-state index contributed by atoms with van der Waals surface area (Å²) in [7, 11) is 0. The maximum Gasteiger partial charge on any atom is 0.372 e. The average Bonchev–Trinajstić information content (AvgIpc) is 2.83. The molecule has 1 unspecified atom stereocenters. The van der Waals surface area contributed by atoms with Crippen molar-refractivity contribution in [1.29, 1.82) is 0 Å².